The van der Waals surface area contributed by atoms with Gasteiger partial charge in [0.1, 0.15) is 0 Å². The fourth-order valence-corrected chi connectivity index (χ4v) is 3.45. The minimum atomic E-state index is -1.09. The van der Waals surface area contributed by atoms with Crippen molar-refractivity contribution in [3.8, 4) is 0 Å². The van der Waals surface area contributed by atoms with Gasteiger partial charge in [0.25, 0.3) is 0 Å². The summed E-state index contributed by atoms with van der Waals surface area (Å²) in [6.07, 6.45) is 6.40. The van der Waals surface area contributed by atoms with E-state index in [1.165, 1.54) is 37.7 Å². The maximum atomic E-state index is 10.7. The molecule has 1 fully saturated rings. The molecule has 0 aliphatic heterocycles. The van der Waals surface area contributed by atoms with Crippen LogP contribution in [-0.4, -0.2) is 5.97 Å². The van der Waals surface area contributed by atoms with Crippen LogP contribution in [0.4, 0.5) is 0 Å². The van der Waals surface area contributed by atoms with Gasteiger partial charge in [-0.3, -0.25) is 0 Å². The van der Waals surface area contributed by atoms with Crippen molar-refractivity contribution in [2.45, 2.75) is 51.9 Å². The molecule has 1 saturated carbocycles. The van der Waals surface area contributed by atoms with E-state index in [1.807, 2.05) is 12.1 Å². The number of carbonyl (C=O) groups excluding carboxylic acids is 1. The Morgan fingerprint density at radius 2 is 1.95 bits per heavy atom. The van der Waals surface area contributed by atoms with Crippen LogP contribution in [0.2, 0.25) is 0 Å². The average molecular weight is 259 g/mol. The van der Waals surface area contributed by atoms with Gasteiger partial charge in [-0.05, 0) is 48.1 Å². The summed E-state index contributed by atoms with van der Waals surface area (Å²) in [6.45, 7) is 4.62. The predicted molar refractivity (Wildman–Crippen MR) is 74.9 cm³/mol. The molecule has 2 heteroatoms. The molecule has 0 unspecified atom stereocenters. The first-order valence-electron chi connectivity index (χ1n) is 7.43. The van der Waals surface area contributed by atoms with Gasteiger partial charge >= 0.3 is 0 Å². The Kier molecular flexibility index (Phi) is 4.62. The van der Waals surface area contributed by atoms with Crippen molar-refractivity contribution < 1.29 is 9.90 Å². The Labute approximate surface area is 115 Å². The highest BCUT2D eigenvalue weighted by Crippen LogP contribution is 2.41. The maximum absolute atomic E-state index is 10.7. The van der Waals surface area contributed by atoms with Crippen molar-refractivity contribution in [3.63, 3.8) is 0 Å². The van der Waals surface area contributed by atoms with E-state index in [0.29, 0.717) is 5.92 Å². The summed E-state index contributed by atoms with van der Waals surface area (Å²) in [5, 5.41) is 10.7. The molecule has 19 heavy (non-hydrogen) atoms. The minimum Gasteiger partial charge on any atom is -0.545 e. The van der Waals surface area contributed by atoms with E-state index in [-0.39, 0.29) is 5.56 Å². The third-order valence-corrected chi connectivity index (χ3v) is 4.62. The number of rotatable bonds is 4. The Hall–Kier alpha value is -1.31. The summed E-state index contributed by atoms with van der Waals surface area (Å²) < 4.78 is 0. The first-order valence-corrected chi connectivity index (χ1v) is 7.43. The van der Waals surface area contributed by atoms with Crippen LogP contribution in [0.25, 0.3) is 0 Å². The molecule has 0 saturated heterocycles. The summed E-state index contributed by atoms with van der Waals surface area (Å²) >= 11 is 0. The Morgan fingerprint density at radius 1 is 1.26 bits per heavy atom. The van der Waals surface area contributed by atoms with E-state index in [2.05, 4.69) is 13.8 Å². The first-order chi connectivity index (χ1) is 9.11. The van der Waals surface area contributed by atoms with Gasteiger partial charge in [0, 0.05) is 0 Å². The van der Waals surface area contributed by atoms with Crippen molar-refractivity contribution in [2.75, 3.05) is 0 Å². The lowest BCUT2D eigenvalue weighted by Gasteiger charge is -2.34. The van der Waals surface area contributed by atoms with Crippen molar-refractivity contribution >= 4 is 5.97 Å². The van der Waals surface area contributed by atoms with Crippen LogP contribution in [-0.2, 0) is 0 Å². The molecule has 1 aliphatic rings. The maximum Gasteiger partial charge on any atom is 0.0715 e. The van der Waals surface area contributed by atoms with Gasteiger partial charge in [0.2, 0.25) is 0 Å². The minimum absolute atomic E-state index is 0.275. The van der Waals surface area contributed by atoms with Crippen LogP contribution in [0, 0.1) is 11.8 Å². The van der Waals surface area contributed by atoms with Crippen LogP contribution in [0.15, 0.2) is 24.3 Å². The Morgan fingerprint density at radius 3 is 2.47 bits per heavy atom. The van der Waals surface area contributed by atoms with E-state index in [1.54, 1.807) is 12.1 Å². The molecule has 1 aliphatic carbocycles. The van der Waals surface area contributed by atoms with Gasteiger partial charge in [-0.2, -0.15) is 0 Å². The summed E-state index contributed by atoms with van der Waals surface area (Å²) in [6, 6.07) is 7.27. The van der Waals surface area contributed by atoms with Gasteiger partial charge in [-0.1, -0.05) is 51.0 Å². The van der Waals surface area contributed by atoms with Crippen LogP contribution in [0.5, 0.6) is 0 Å². The number of hydrogen-bond donors (Lipinski definition) is 0. The molecule has 0 bridgehead atoms. The molecule has 1 aromatic rings. The van der Waals surface area contributed by atoms with Gasteiger partial charge in [0.05, 0.1) is 5.97 Å². The number of carboxylic acid groups (broad SMARTS) is 1. The molecule has 0 aromatic heterocycles. The SMILES string of the molecule is CCC[C@@H]1CC[C@H](c2ccc(C(=O)[O-])cc2)C[C@@H]1C. The van der Waals surface area contributed by atoms with Gasteiger partial charge < -0.3 is 9.90 Å². The third kappa shape index (κ3) is 3.37. The van der Waals surface area contributed by atoms with Crippen LogP contribution in [0.1, 0.15) is 67.8 Å². The fourth-order valence-electron chi connectivity index (χ4n) is 3.45. The number of benzene rings is 1. The molecule has 1 aromatic carbocycles. The standard InChI is InChI=1S/C17H24O2/c1-3-4-13-5-10-16(11-12(13)2)14-6-8-15(9-7-14)17(18)19/h6-9,12-13,16H,3-5,10-11H2,1-2H3,(H,18,19)/p-1/t12-,13+,16-/m0/s1. The number of carboxylic acids is 1. The normalized spacial score (nSPS) is 27.2. The predicted octanol–water partition coefficient (Wildman–Crippen LogP) is 3.37. The van der Waals surface area contributed by atoms with E-state index >= 15 is 0 Å². The van der Waals surface area contributed by atoms with E-state index in [9.17, 15) is 9.90 Å². The van der Waals surface area contributed by atoms with Crippen molar-refractivity contribution in [2.24, 2.45) is 11.8 Å². The highest BCUT2D eigenvalue weighted by atomic mass is 16.4. The Bertz CT molecular complexity index is 421. The van der Waals surface area contributed by atoms with Crippen molar-refractivity contribution in [3.05, 3.63) is 35.4 Å². The average Bonchev–Trinajstić information content (AvgIpc) is 2.41. The number of aromatic carboxylic acids is 1. The smallest absolute Gasteiger partial charge is 0.0715 e. The van der Waals surface area contributed by atoms with Crippen LogP contribution >= 0.6 is 0 Å². The zero-order valence-corrected chi connectivity index (χ0v) is 11.9. The zero-order chi connectivity index (χ0) is 13.8. The second-order valence-electron chi connectivity index (χ2n) is 5.95. The monoisotopic (exact) mass is 259 g/mol. The molecule has 2 rings (SSSR count). The summed E-state index contributed by atoms with van der Waals surface area (Å²) in [4.78, 5) is 10.7. The van der Waals surface area contributed by atoms with Crippen LogP contribution in [0.3, 0.4) is 0 Å². The largest absolute Gasteiger partial charge is 0.545 e. The summed E-state index contributed by atoms with van der Waals surface area (Å²) in [7, 11) is 0. The van der Waals surface area contributed by atoms with Crippen LogP contribution < -0.4 is 5.11 Å². The van der Waals surface area contributed by atoms with E-state index < -0.39 is 5.97 Å². The number of carbonyl (C=O) groups is 1. The molecule has 0 radical (unpaired) electrons. The molecule has 3 atom stereocenters. The quantitative estimate of drug-likeness (QED) is 0.831. The van der Waals surface area contributed by atoms with Crippen molar-refractivity contribution in [1.82, 2.24) is 0 Å². The van der Waals surface area contributed by atoms with E-state index in [4.69, 9.17) is 0 Å². The topological polar surface area (TPSA) is 40.1 Å². The fraction of sp³-hybridized carbons (Fsp3) is 0.588. The highest BCUT2D eigenvalue weighted by Gasteiger charge is 2.27. The van der Waals surface area contributed by atoms with E-state index in [0.717, 1.165) is 11.8 Å². The van der Waals surface area contributed by atoms with Gasteiger partial charge in [-0.25, -0.2) is 0 Å². The summed E-state index contributed by atoms with van der Waals surface area (Å²) in [5.41, 5.74) is 1.56. The second kappa shape index (κ2) is 6.23. The molecule has 104 valence electrons. The number of hydrogen-bond acceptors (Lipinski definition) is 2. The molecule has 0 N–H and O–H groups in total. The lowest BCUT2D eigenvalue weighted by molar-refractivity contribution is -0.255. The molecule has 0 heterocycles. The third-order valence-electron chi connectivity index (χ3n) is 4.62. The molecule has 0 amide bonds. The lowest BCUT2D eigenvalue weighted by Crippen LogP contribution is -2.23. The molecular weight excluding hydrogens is 236 g/mol. The van der Waals surface area contributed by atoms with Crippen molar-refractivity contribution in [1.29, 1.82) is 0 Å². The first kappa shape index (κ1) is 14.1. The molecule has 2 nitrogen and oxygen atoms in total. The second-order valence-corrected chi connectivity index (χ2v) is 5.95. The molecular formula is C17H23O2-. The molecule has 0 spiro atoms. The zero-order valence-electron chi connectivity index (χ0n) is 11.9. The Balaban J connectivity index is 2.01. The lowest BCUT2D eigenvalue weighted by atomic mass is 9.71. The summed E-state index contributed by atoms with van der Waals surface area (Å²) in [5.74, 6) is 1.16. The highest BCUT2D eigenvalue weighted by molar-refractivity contribution is 5.85. The van der Waals surface area contributed by atoms with Gasteiger partial charge in [0.15, 0.2) is 0 Å². The van der Waals surface area contributed by atoms with Gasteiger partial charge in [-0.15, -0.1) is 0 Å².